The Labute approximate surface area is 172 Å². The first kappa shape index (κ1) is 23.1. The monoisotopic (exact) mass is 404 g/mol. The quantitative estimate of drug-likeness (QED) is 0.495. The number of rotatable bonds is 11. The van der Waals surface area contributed by atoms with Gasteiger partial charge in [0.05, 0.1) is 25.5 Å². The molecule has 0 aliphatic carbocycles. The Balaban J connectivity index is 2.02. The molecule has 0 aliphatic rings. The van der Waals surface area contributed by atoms with Gasteiger partial charge >= 0.3 is 0 Å². The molecule has 29 heavy (non-hydrogen) atoms. The van der Waals surface area contributed by atoms with E-state index in [1.165, 1.54) is 11.8 Å². The van der Waals surface area contributed by atoms with Crippen molar-refractivity contribution in [3.05, 3.63) is 52.3 Å². The molecule has 2 rings (SSSR count). The normalized spacial score (nSPS) is 12.3. The first-order chi connectivity index (χ1) is 13.9. The zero-order valence-corrected chi connectivity index (χ0v) is 17.7. The zero-order valence-electron chi connectivity index (χ0n) is 17.7. The molecule has 0 bridgehead atoms. The molecule has 7 nitrogen and oxygen atoms in total. The summed E-state index contributed by atoms with van der Waals surface area (Å²) in [5.41, 5.74) is 3.93. The molecule has 0 fully saturated rings. The van der Waals surface area contributed by atoms with Crippen LogP contribution in [-0.4, -0.2) is 51.2 Å². The standard InChI is InChI=1S/C22H32N2O5/c1-5-8-24(29-20-7-6-15(2)16(3)9-20)11-19(27)14-28-22-17(4)23-10-18(12-25)21(22)13-26/h6-7,9-10,19,25-27H,5,8,11-14H2,1-4H3. The molecule has 160 valence electrons. The van der Waals surface area contributed by atoms with E-state index in [4.69, 9.17) is 9.57 Å². The van der Waals surface area contributed by atoms with Gasteiger partial charge in [-0.1, -0.05) is 13.0 Å². The van der Waals surface area contributed by atoms with Gasteiger partial charge in [-0.05, 0) is 50.5 Å². The van der Waals surface area contributed by atoms with Crippen LogP contribution in [0.2, 0.25) is 0 Å². The van der Waals surface area contributed by atoms with E-state index in [1.807, 2.05) is 39.0 Å². The fraction of sp³-hybridized carbons (Fsp3) is 0.500. The molecular weight excluding hydrogens is 372 g/mol. The number of nitrogens with zero attached hydrogens (tertiary/aromatic N) is 2. The fourth-order valence-corrected chi connectivity index (χ4v) is 2.99. The summed E-state index contributed by atoms with van der Waals surface area (Å²) in [6.45, 7) is 8.31. The molecule has 0 amide bonds. The van der Waals surface area contributed by atoms with Crippen molar-refractivity contribution in [3.8, 4) is 11.5 Å². The third kappa shape index (κ3) is 6.40. The van der Waals surface area contributed by atoms with Gasteiger partial charge < -0.3 is 24.9 Å². The zero-order chi connectivity index (χ0) is 21.4. The van der Waals surface area contributed by atoms with Crippen molar-refractivity contribution in [2.75, 3.05) is 19.7 Å². The van der Waals surface area contributed by atoms with E-state index in [9.17, 15) is 15.3 Å². The second-order valence-electron chi connectivity index (χ2n) is 7.18. The van der Waals surface area contributed by atoms with E-state index in [0.717, 1.165) is 17.7 Å². The van der Waals surface area contributed by atoms with Crippen LogP contribution in [0.3, 0.4) is 0 Å². The number of aromatic nitrogens is 1. The number of aliphatic hydroxyl groups is 3. The molecule has 2 aromatic rings. The Morgan fingerprint density at radius 2 is 1.86 bits per heavy atom. The van der Waals surface area contributed by atoms with Gasteiger partial charge in [0.15, 0.2) is 0 Å². The number of hydrogen-bond acceptors (Lipinski definition) is 7. The topological polar surface area (TPSA) is 95.3 Å². The summed E-state index contributed by atoms with van der Waals surface area (Å²) >= 11 is 0. The molecule has 1 aromatic heterocycles. The van der Waals surface area contributed by atoms with E-state index < -0.39 is 6.10 Å². The van der Waals surface area contributed by atoms with Crippen LogP contribution in [0, 0.1) is 20.8 Å². The van der Waals surface area contributed by atoms with E-state index in [1.54, 1.807) is 12.0 Å². The lowest BCUT2D eigenvalue weighted by atomic mass is 10.1. The van der Waals surface area contributed by atoms with E-state index >= 15 is 0 Å². The molecular formula is C22H32N2O5. The summed E-state index contributed by atoms with van der Waals surface area (Å²) in [4.78, 5) is 10.1. The molecule has 1 atom stereocenters. The maximum atomic E-state index is 10.5. The first-order valence-corrected chi connectivity index (χ1v) is 9.89. The highest BCUT2D eigenvalue weighted by Crippen LogP contribution is 2.26. The van der Waals surface area contributed by atoms with Gasteiger partial charge in [-0.2, -0.15) is 0 Å². The molecule has 0 aliphatic heterocycles. The largest absolute Gasteiger partial charge is 0.489 e. The average Bonchev–Trinajstić information content (AvgIpc) is 2.69. The summed E-state index contributed by atoms with van der Waals surface area (Å²) in [6, 6.07) is 5.90. The van der Waals surface area contributed by atoms with Gasteiger partial charge in [0.2, 0.25) is 0 Å². The fourth-order valence-electron chi connectivity index (χ4n) is 2.99. The smallest absolute Gasteiger partial charge is 0.147 e. The van der Waals surface area contributed by atoms with Crippen LogP contribution in [0.5, 0.6) is 11.5 Å². The van der Waals surface area contributed by atoms with Gasteiger partial charge in [0.1, 0.15) is 24.2 Å². The van der Waals surface area contributed by atoms with E-state index in [0.29, 0.717) is 29.1 Å². The third-order valence-corrected chi connectivity index (χ3v) is 4.75. The number of pyridine rings is 1. The van der Waals surface area contributed by atoms with Gasteiger partial charge in [0, 0.05) is 23.9 Å². The van der Waals surface area contributed by atoms with Gasteiger partial charge in [-0.15, -0.1) is 5.06 Å². The van der Waals surface area contributed by atoms with Gasteiger partial charge in [0.25, 0.3) is 0 Å². The van der Waals surface area contributed by atoms with Crippen molar-refractivity contribution >= 4 is 0 Å². The number of hydrogen-bond donors (Lipinski definition) is 3. The molecule has 0 saturated heterocycles. The lowest BCUT2D eigenvalue weighted by Crippen LogP contribution is -2.38. The predicted octanol–water partition coefficient (Wildman–Crippen LogP) is 2.44. The van der Waals surface area contributed by atoms with Crippen LogP contribution >= 0.6 is 0 Å². The molecule has 1 aromatic carbocycles. The Hall–Kier alpha value is -2.19. The maximum Gasteiger partial charge on any atom is 0.147 e. The molecule has 1 unspecified atom stereocenters. The molecule has 0 spiro atoms. The van der Waals surface area contributed by atoms with Crippen molar-refractivity contribution < 1.29 is 24.9 Å². The van der Waals surface area contributed by atoms with Crippen molar-refractivity contribution in [1.82, 2.24) is 10.0 Å². The predicted molar refractivity (Wildman–Crippen MR) is 111 cm³/mol. The number of ether oxygens (including phenoxy) is 1. The van der Waals surface area contributed by atoms with Crippen LogP contribution in [0.4, 0.5) is 0 Å². The van der Waals surface area contributed by atoms with Crippen molar-refractivity contribution in [1.29, 1.82) is 0 Å². The second kappa shape index (κ2) is 11.1. The Kier molecular flexibility index (Phi) is 8.85. The minimum absolute atomic E-state index is 0.0148. The Bertz CT molecular complexity index is 797. The summed E-state index contributed by atoms with van der Waals surface area (Å²) < 4.78 is 5.76. The summed E-state index contributed by atoms with van der Waals surface area (Å²) in [5, 5.41) is 31.3. The minimum Gasteiger partial charge on any atom is -0.489 e. The van der Waals surface area contributed by atoms with E-state index in [-0.39, 0.29) is 26.4 Å². The number of aliphatic hydroxyl groups excluding tert-OH is 3. The van der Waals surface area contributed by atoms with Crippen molar-refractivity contribution in [2.24, 2.45) is 0 Å². The lowest BCUT2D eigenvalue weighted by Gasteiger charge is -2.25. The average molecular weight is 405 g/mol. The molecule has 7 heteroatoms. The SMILES string of the molecule is CCCN(CC(O)COc1c(C)ncc(CO)c1CO)Oc1ccc(C)c(C)c1. The molecule has 3 N–H and O–H groups in total. The summed E-state index contributed by atoms with van der Waals surface area (Å²) in [6.07, 6.45) is 1.58. The number of hydroxylamine groups is 2. The Morgan fingerprint density at radius 1 is 1.10 bits per heavy atom. The summed E-state index contributed by atoms with van der Waals surface area (Å²) in [7, 11) is 0. The minimum atomic E-state index is -0.808. The van der Waals surface area contributed by atoms with Crippen LogP contribution in [0.25, 0.3) is 0 Å². The third-order valence-electron chi connectivity index (χ3n) is 4.75. The highest BCUT2D eigenvalue weighted by molar-refractivity contribution is 5.41. The van der Waals surface area contributed by atoms with Gasteiger partial charge in [-0.3, -0.25) is 4.98 Å². The highest BCUT2D eigenvalue weighted by atomic mass is 16.7. The summed E-state index contributed by atoms with van der Waals surface area (Å²) in [5.74, 6) is 1.13. The maximum absolute atomic E-state index is 10.5. The van der Waals surface area contributed by atoms with Crippen LogP contribution in [0.15, 0.2) is 24.4 Å². The van der Waals surface area contributed by atoms with Crippen LogP contribution in [0.1, 0.15) is 41.3 Å². The molecule has 0 saturated carbocycles. The molecule has 0 radical (unpaired) electrons. The van der Waals surface area contributed by atoms with Gasteiger partial charge in [-0.25, -0.2) is 0 Å². The molecule has 1 heterocycles. The lowest BCUT2D eigenvalue weighted by molar-refractivity contribution is -0.0897. The van der Waals surface area contributed by atoms with Crippen molar-refractivity contribution in [2.45, 2.75) is 53.4 Å². The number of benzene rings is 1. The van der Waals surface area contributed by atoms with E-state index in [2.05, 4.69) is 4.98 Å². The van der Waals surface area contributed by atoms with Crippen LogP contribution < -0.4 is 9.57 Å². The first-order valence-electron chi connectivity index (χ1n) is 9.89. The van der Waals surface area contributed by atoms with Crippen molar-refractivity contribution in [3.63, 3.8) is 0 Å². The van der Waals surface area contributed by atoms with Crippen LogP contribution in [-0.2, 0) is 13.2 Å². The number of aryl methyl sites for hydroxylation is 3. The highest BCUT2D eigenvalue weighted by Gasteiger charge is 2.18. The second-order valence-corrected chi connectivity index (χ2v) is 7.18. The Morgan fingerprint density at radius 3 is 2.48 bits per heavy atom.